The van der Waals surface area contributed by atoms with Crippen molar-refractivity contribution in [3.63, 3.8) is 0 Å². The number of fused-ring (bicyclic) bond motifs is 1. The smallest absolute Gasteiger partial charge is 0.181 e. The molecule has 2 N–H and O–H groups in total. The largest absolute Gasteiger partial charge is 0.381 e. The Labute approximate surface area is 105 Å². The van der Waals surface area contributed by atoms with Crippen LogP contribution in [0.4, 0.5) is 5.13 Å². The molecule has 1 aromatic heterocycles. The Morgan fingerprint density at radius 2 is 2.18 bits per heavy atom. The van der Waals surface area contributed by atoms with Crippen molar-refractivity contribution in [3.8, 4) is 0 Å². The third-order valence-corrected chi connectivity index (χ3v) is 4.22. The standard InChI is InChI=1S/C13H16N2OS/c14-13-15-12-10(2-1-3-11(12)17-13)8-9-4-6-16-7-5-9/h1-3,9H,4-8H2,(H2,14,15). The molecule has 0 radical (unpaired) electrons. The van der Waals surface area contributed by atoms with Crippen LogP contribution < -0.4 is 5.73 Å². The van der Waals surface area contributed by atoms with Crippen LogP contribution in [0.15, 0.2) is 18.2 Å². The van der Waals surface area contributed by atoms with E-state index in [1.54, 1.807) is 11.3 Å². The van der Waals surface area contributed by atoms with E-state index in [9.17, 15) is 0 Å². The number of rotatable bonds is 2. The fourth-order valence-electron chi connectivity index (χ4n) is 2.45. The van der Waals surface area contributed by atoms with Gasteiger partial charge in [-0.2, -0.15) is 0 Å². The molecule has 1 saturated heterocycles. The highest BCUT2D eigenvalue weighted by Gasteiger charge is 2.16. The lowest BCUT2D eigenvalue weighted by Gasteiger charge is -2.21. The molecule has 1 aliphatic rings. The third-order valence-electron chi connectivity index (χ3n) is 3.37. The number of nitrogens with two attached hydrogens (primary N) is 1. The molecule has 1 aliphatic heterocycles. The van der Waals surface area contributed by atoms with E-state index in [-0.39, 0.29) is 0 Å². The summed E-state index contributed by atoms with van der Waals surface area (Å²) in [6.45, 7) is 1.81. The highest BCUT2D eigenvalue weighted by molar-refractivity contribution is 7.22. The molecule has 3 rings (SSSR count). The lowest BCUT2D eigenvalue weighted by Crippen LogP contribution is -2.17. The maximum Gasteiger partial charge on any atom is 0.181 e. The Morgan fingerprint density at radius 3 is 3.00 bits per heavy atom. The van der Waals surface area contributed by atoms with Gasteiger partial charge in [-0.1, -0.05) is 23.5 Å². The van der Waals surface area contributed by atoms with Gasteiger partial charge >= 0.3 is 0 Å². The Balaban J connectivity index is 1.88. The zero-order valence-corrected chi connectivity index (χ0v) is 10.5. The van der Waals surface area contributed by atoms with Crippen molar-refractivity contribution >= 4 is 26.7 Å². The zero-order chi connectivity index (χ0) is 11.7. The second-order valence-corrected chi connectivity index (χ2v) is 5.64. The number of para-hydroxylation sites is 1. The first-order valence-corrected chi connectivity index (χ1v) is 6.86. The number of hydrogen-bond donors (Lipinski definition) is 1. The van der Waals surface area contributed by atoms with Gasteiger partial charge in [-0.25, -0.2) is 4.98 Å². The van der Waals surface area contributed by atoms with E-state index in [1.165, 1.54) is 10.3 Å². The van der Waals surface area contributed by atoms with Gasteiger partial charge in [0.05, 0.1) is 10.2 Å². The van der Waals surface area contributed by atoms with E-state index in [0.717, 1.165) is 43.9 Å². The number of nitrogen functional groups attached to an aromatic ring is 1. The van der Waals surface area contributed by atoms with Gasteiger partial charge in [0, 0.05) is 13.2 Å². The summed E-state index contributed by atoms with van der Waals surface area (Å²) in [5, 5.41) is 0.666. The minimum atomic E-state index is 0.666. The highest BCUT2D eigenvalue weighted by Crippen LogP contribution is 2.29. The summed E-state index contributed by atoms with van der Waals surface area (Å²) in [5.74, 6) is 0.734. The third kappa shape index (κ3) is 2.28. The summed E-state index contributed by atoms with van der Waals surface area (Å²) in [7, 11) is 0. The predicted octanol–water partition coefficient (Wildman–Crippen LogP) is 2.85. The van der Waals surface area contributed by atoms with E-state index in [4.69, 9.17) is 10.5 Å². The summed E-state index contributed by atoms with van der Waals surface area (Å²) in [5.41, 5.74) is 8.21. The van der Waals surface area contributed by atoms with Gasteiger partial charge in [-0.3, -0.25) is 0 Å². The zero-order valence-electron chi connectivity index (χ0n) is 9.69. The molecule has 0 amide bonds. The first-order valence-electron chi connectivity index (χ1n) is 6.04. The van der Waals surface area contributed by atoms with Gasteiger partial charge in [0.15, 0.2) is 5.13 Å². The lowest BCUT2D eigenvalue weighted by atomic mass is 9.92. The molecule has 0 unspecified atom stereocenters. The number of hydrogen-bond acceptors (Lipinski definition) is 4. The Morgan fingerprint density at radius 1 is 1.35 bits per heavy atom. The monoisotopic (exact) mass is 248 g/mol. The first kappa shape index (κ1) is 11.0. The van der Waals surface area contributed by atoms with Crippen molar-refractivity contribution in [1.82, 2.24) is 4.98 Å². The van der Waals surface area contributed by atoms with E-state index >= 15 is 0 Å². The molecule has 2 aromatic rings. The molecule has 0 saturated carbocycles. The molecular formula is C13H16N2OS. The van der Waals surface area contributed by atoms with Gasteiger partial charge in [0.1, 0.15) is 0 Å². The minimum absolute atomic E-state index is 0.666. The van der Waals surface area contributed by atoms with Crippen molar-refractivity contribution in [1.29, 1.82) is 0 Å². The minimum Gasteiger partial charge on any atom is -0.381 e. The quantitative estimate of drug-likeness (QED) is 0.889. The molecule has 2 heterocycles. The van der Waals surface area contributed by atoms with Crippen LogP contribution in [0.2, 0.25) is 0 Å². The number of nitrogens with zero attached hydrogens (tertiary/aromatic N) is 1. The number of ether oxygens (including phenoxy) is 1. The molecule has 90 valence electrons. The molecule has 0 bridgehead atoms. The first-order chi connectivity index (χ1) is 8.33. The summed E-state index contributed by atoms with van der Waals surface area (Å²) in [6.07, 6.45) is 3.43. The van der Waals surface area contributed by atoms with Crippen LogP contribution in [-0.2, 0) is 11.2 Å². The molecule has 0 atom stereocenters. The van der Waals surface area contributed by atoms with Gasteiger partial charge in [-0.15, -0.1) is 0 Å². The van der Waals surface area contributed by atoms with Crippen LogP contribution in [0.1, 0.15) is 18.4 Å². The SMILES string of the molecule is Nc1nc2c(CC3CCOCC3)cccc2s1. The number of benzene rings is 1. The summed E-state index contributed by atoms with van der Waals surface area (Å²) in [6, 6.07) is 6.38. The number of thiazole rings is 1. The average Bonchev–Trinajstić information content (AvgIpc) is 2.72. The molecule has 4 heteroatoms. The van der Waals surface area contributed by atoms with E-state index in [1.807, 2.05) is 0 Å². The van der Waals surface area contributed by atoms with Crippen LogP contribution in [0, 0.1) is 5.92 Å². The fraction of sp³-hybridized carbons (Fsp3) is 0.462. The van der Waals surface area contributed by atoms with E-state index < -0.39 is 0 Å². The Kier molecular flexibility index (Phi) is 2.99. The van der Waals surface area contributed by atoms with Gasteiger partial charge < -0.3 is 10.5 Å². The van der Waals surface area contributed by atoms with Crippen molar-refractivity contribution in [2.45, 2.75) is 19.3 Å². The molecule has 1 aromatic carbocycles. The number of anilines is 1. The topological polar surface area (TPSA) is 48.1 Å². The van der Waals surface area contributed by atoms with E-state index in [0.29, 0.717) is 5.13 Å². The summed E-state index contributed by atoms with van der Waals surface area (Å²) >= 11 is 1.57. The molecule has 0 spiro atoms. The second-order valence-electron chi connectivity index (χ2n) is 4.58. The predicted molar refractivity (Wildman–Crippen MR) is 71.3 cm³/mol. The molecule has 3 nitrogen and oxygen atoms in total. The fourth-order valence-corrected chi connectivity index (χ4v) is 3.23. The van der Waals surface area contributed by atoms with Crippen molar-refractivity contribution in [2.75, 3.05) is 18.9 Å². The van der Waals surface area contributed by atoms with Crippen molar-refractivity contribution in [2.24, 2.45) is 5.92 Å². The summed E-state index contributed by atoms with van der Waals surface area (Å²) < 4.78 is 6.60. The molecule has 1 fully saturated rings. The molecule has 17 heavy (non-hydrogen) atoms. The van der Waals surface area contributed by atoms with Crippen molar-refractivity contribution < 1.29 is 4.74 Å². The summed E-state index contributed by atoms with van der Waals surface area (Å²) in [4.78, 5) is 4.44. The van der Waals surface area contributed by atoms with Crippen LogP contribution >= 0.6 is 11.3 Å². The van der Waals surface area contributed by atoms with E-state index in [2.05, 4.69) is 23.2 Å². The Bertz CT molecular complexity index is 517. The van der Waals surface area contributed by atoms with Crippen molar-refractivity contribution in [3.05, 3.63) is 23.8 Å². The average molecular weight is 248 g/mol. The maximum absolute atomic E-state index is 5.78. The van der Waals surface area contributed by atoms with Gasteiger partial charge in [0.2, 0.25) is 0 Å². The highest BCUT2D eigenvalue weighted by atomic mass is 32.1. The molecular weight excluding hydrogens is 232 g/mol. The molecule has 0 aliphatic carbocycles. The second kappa shape index (κ2) is 4.63. The van der Waals surface area contributed by atoms with Crippen LogP contribution in [0.5, 0.6) is 0 Å². The van der Waals surface area contributed by atoms with Crippen LogP contribution in [-0.4, -0.2) is 18.2 Å². The van der Waals surface area contributed by atoms with Crippen LogP contribution in [0.25, 0.3) is 10.2 Å². The van der Waals surface area contributed by atoms with Crippen LogP contribution in [0.3, 0.4) is 0 Å². The maximum atomic E-state index is 5.78. The lowest BCUT2D eigenvalue weighted by molar-refractivity contribution is 0.0666. The normalized spacial score (nSPS) is 17.6. The number of aromatic nitrogens is 1. The van der Waals surface area contributed by atoms with Gasteiger partial charge in [-0.05, 0) is 36.8 Å². The van der Waals surface area contributed by atoms with Gasteiger partial charge in [0.25, 0.3) is 0 Å². The Hall–Kier alpha value is -1.13.